The lowest BCUT2D eigenvalue weighted by Crippen LogP contribution is -2.40. The summed E-state index contributed by atoms with van der Waals surface area (Å²) in [5.41, 5.74) is 3.34. The molecule has 3 heterocycles. The van der Waals surface area contributed by atoms with E-state index in [0.29, 0.717) is 30.5 Å². The van der Waals surface area contributed by atoms with E-state index in [9.17, 15) is 9.59 Å². The van der Waals surface area contributed by atoms with E-state index >= 15 is 0 Å². The van der Waals surface area contributed by atoms with Crippen LogP contribution in [0.3, 0.4) is 0 Å². The number of carbonyl (C=O) groups is 2. The largest absolute Gasteiger partial charge is 0.486 e. The van der Waals surface area contributed by atoms with E-state index in [2.05, 4.69) is 37.4 Å². The van der Waals surface area contributed by atoms with Crippen molar-refractivity contribution < 1.29 is 18.7 Å². The fraction of sp³-hybridized carbons (Fsp3) is 0.290. The van der Waals surface area contributed by atoms with Crippen LogP contribution in [-0.2, 0) is 13.0 Å². The van der Waals surface area contributed by atoms with Crippen LogP contribution in [0.15, 0.2) is 82.6 Å². The quantitative estimate of drug-likeness (QED) is 0.270. The Hall–Kier alpha value is -3.84. The van der Waals surface area contributed by atoms with Gasteiger partial charge in [0.1, 0.15) is 18.1 Å². The first-order chi connectivity index (χ1) is 18.5. The standard InChI is InChI=1S/C31H32N2O4S/c1-21(2)14-16-32-30(34)27-13-12-25(37-27)20-36-24-11-10-22-15-17-33(31(35)28-9-6-18-38-28)29(26(22)19-24)23-7-4-3-5-8-23/h3-13,18-19,21,29H,14-17,20H2,1-2H3,(H,32,34). The maximum absolute atomic E-state index is 13.5. The van der Waals surface area contributed by atoms with Crippen molar-refractivity contribution in [3.8, 4) is 5.75 Å². The van der Waals surface area contributed by atoms with Gasteiger partial charge in [-0.25, -0.2) is 0 Å². The number of ether oxygens (including phenoxy) is 1. The molecule has 1 unspecified atom stereocenters. The first-order valence-electron chi connectivity index (χ1n) is 13.0. The number of furan rings is 1. The van der Waals surface area contributed by atoms with Crippen LogP contribution in [0.25, 0.3) is 0 Å². The second kappa shape index (κ2) is 11.7. The minimum atomic E-state index is -0.216. The Morgan fingerprint density at radius 1 is 1.08 bits per heavy atom. The van der Waals surface area contributed by atoms with Gasteiger partial charge in [-0.05, 0) is 71.2 Å². The molecule has 0 aliphatic carbocycles. The Bertz CT molecular complexity index is 1380. The highest BCUT2D eigenvalue weighted by Gasteiger charge is 2.33. The predicted octanol–water partition coefficient (Wildman–Crippen LogP) is 6.48. The van der Waals surface area contributed by atoms with Crippen molar-refractivity contribution in [1.82, 2.24) is 10.2 Å². The van der Waals surface area contributed by atoms with Crippen molar-refractivity contribution in [2.24, 2.45) is 5.92 Å². The summed E-state index contributed by atoms with van der Waals surface area (Å²) in [7, 11) is 0. The third-order valence-electron chi connectivity index (χ3n) is 6.73. The number of nitrogens with zero attached hydrogens (tertiary/aromatic N) is 1. The number of fused-ring (bicyclic) bond motifs is 1. The van der Waals surface area contributed by atoms with Crippen LogP contribution in [0, 0.1) is 5.92 Å². The lowest BCUT2D eigenvalue weighted by Gasteiger charge is -2.37. The van der Waals surface area contributed by atoms with E-state index in [0.717, 1.165) is 28.8 Å². The van der Waals surface area contributed by atoms with Crippen LogP contribution in [0.5, 0.6) is 5.75 Å². The Balaban J connectivity index is 1.33. The summed E-state index contributed by atoms with van der Waals surface area (Å²) in [4.78, 5) is 28.5. The van der Waals surface area contributed by atoms with Gasteiger partial charge in [-0.3, -0.25) is 9.59 Å². The summed E-state index contributed by atoms with van der Waals surface area (Å²) >= 11 is 1.47. The number of hydrogen-bond donors (Lipinski definition) is 1. The maximum atomic E-state index is 13.5. The van der Waals surface area contributed by atoms with E-state index in [1.54, 1.807) is 12.1 Å². The highest BCUT2D eigenvalue weighted by molar-refractivity contribution is 7.12. The van der Waals surface area contributed by atoms with Crippen LogP contribution < -0.4 is 10.1 Å². The normalized spacial score (nSPS) is 14.8. The Morgan fingerprint density at radius 2 is 1.92 bits per heavy atom. The highest BCUT2D eigenvalue weighted by atomic mass is 32.1. The maximum Gasteiger partial charge on any atom is 0.286 e. The van der Waals surface area contributed by atoms with Crippen LogP contribution in [-0.4, -0.2) is 29.8 Å². The number of amides is 2. The third kappa shape index (κ3) is 5.83. The number of carbonyl (C=O) groups excluding carboxylic acids is 2. The van der Waals surface area contributed by atoms with Crippen molar-refractivity contribution in [3.05, 3.63) is 111 Å². The second-order valence-corrected chi connectivity index (χ2v) is 10.8. The summed E-state index contributed by atoms with van der Waals surface area (Å²) in [6, 6.07) is 23.2. The number of rotatable bonds is 9. The molecule has 1 aliphatic heterocycles. The molecule has 1 aliphatic rings. The molecule has 0 fully saturated rings. The molecule has 6 nitrogen and oxygen atoms in total. The van der Waals surface area contributed by atoms with Crippen LogP contribution in [0.4, 0.5) is 0 Å². The Morgan fingerprint density at radius 3 is 2.68 bits per heavy atom. The fourth-order valence-electron chi connectivity index (χ4n) is 4.73. The van der Waals surface area contributed by atoms with Gasteiger partial charge in [-0.15, -0.1) is 11.3 Å². The van der Waals surface area contributed by atoms with E-state index in [4.69, 9.17) is 9.15 Å². The van der Waals surface area contributed by atoms with E-state index in [1.165, 1.54) is 16.9 Å². The molecule has 2 aromatic heterocycles. The van der Waals surface area contributed by atoms with Gasteiger partial charge in [0.05, 0.1) is 10.9 Å². The topological polar surface area (TPSA) is 71.8 Å². The van der Waals surface area contributed by atoms with Gasteiger partial charge < -0.3 is 19.4 Å². The lowest BCUT2D eigenvalue weighted by atomic mass is 9.88. The fourth-order valence-corrected chi connectivity index (χ4v) is 5.41. The number of thiophene rings is 1. The van der Waals surface area contributed by atoms with Gasteiger partial charge in [0.2, 0.25) is 0 Å². The van der Waals surface area contributed by atoms with Gasteiger partial charge in [-0.2, -0.15) is 0 Å². The minimum absolute atomic E-state index is 0.0422. The summed E-state index contributed by atoms with van der Waals surface area (Å²) < 4.78 is 11.8. The first-order valence-corrected chi connectivity index (χ1v) is 13.9. The number of nitrogens with one attached hydrogen (secondary N) is 1. The Labute approximate surface area is 227 Å². The number of hydrogen-bond acceptors (Lipinski definition) is 5. The van der Waals surface area contributed by atoms with Crippen LogP contribution >= 0.6 is 11.3 Å². The molecule has 5 rings (SSSR count). The summed E-state index contributed by atoms with van der Waals surface area (Å²) in [5.74, 6) is 1.90. The molecule has 0 saturated heterocycles. The van der Waals surface area contributed by atoms with Gasteiger partial charge in [0.25, 0.3) is 11.8 Å². The molecule has 1 N–H and O–H groups in total. The predicted molar refractivity (Wildman–Crippen MR) is 149 cm³/mol. The Kier molecular flexibility index (Phi) is 7.94. The monoisotopic (exact) mass is 528 g/mol. The average molecular weight is 529 g/mol. The van der Waals surface area contributed by atoms with Crippen molar-refractivity contribution in [3.63, 3.8) is 0 Å². The molecule has 38 heavy (non-hydrogen) atoms. The minimum Gasteiger partial charge on any atom is -0.486 e. The lowest BCUT2D eigenvalue weighted by molar-refractivity contribution is 0.0699. The molecule has 1 atom stereocenters. The first kappa shape index (κ1) is 25.8. The SMILES string of the molecule is CC(C)CCNC(=O)c1ccc(COc2ccc3c(c2)C(c2ccccc2)N(C(=O)c2cccs2)CC3)o1. The van der Waals surface area contributed by atoms with Gasteiger partial charge in [0, 0.05) is 13.1 Å². The summed E-state index contributed by atoms with van der Waals surface area (Å²) in [5, 5.41) is 4.82. The molecule has 0 radical (unpaired) electrons. The highest BCUT2D eigenvalue weighted by Crippen LogP contribution is 2.38. The molecule has 196 valence electrons. The van der Waals surface area contributed by atoms with Crippen molar-refractivity contribution in [2.45, 2.75) is 39.3 Å². The molecule has 2 amide bonds. The molecule has 4 aromatic rings. The van der Waals surface area contributed by atoms with Crippen molar-refractivity contribution in [2.75, 3.05) is 13.1 Å². The van der Waals surface area contributed by atoms with Crippen LogP contribution in [0.1, 0.15) is 69.0 Å². The van der Waals surface area contributed by atoms with Gasteiger partial charge in [0.15, 0.2) is 5.76 Å². The third-order valence-corrected chi connectivity index (χ3v) is 7.59. The zero-order chi connectivity index (χ0) is 26.5. The molecular formula is C31H32N2O4S. The smallest absolute Gasteiger partial charge is 0.286 e. The summed E-state index contributed by atoms with van der Waals surface area (Å²) in [6.07, 6.45) is 1.70. The zero-order valence-electron chi connectivity index (χ0n) is 21.7. The summed E-state index contributed by atoms with van der Waals surface area (Å²) in [6.45, 7) is 5.71. The molecule has 0 spiro atoms. The molecule has 0 bridgehead atoms. The molecule has 2 aromatic carbocycles. The number of benzene rings is 2. The van der Waals surface area contributed by atoms with E-state index < -0.39 is 0 Å². The molecule has 7 heteroatoms. The second-order valence-electron chi connectivity index (χ2n) is 9.89. The van der Waals surface area contributed by atoms with Gasteiger partial charge in [-0.1, -0.05) is 56.3 Å². The van der Waals surface area contributed by atoms with Crippen molar-refractivity contribution >= 4 is 23.2 Å². The van der Waals surface area contributed by atoms with Crippen LogP contribution in [0.2, 0.25) is 0 Å². The molecular weight excluding hydrogens is 496 g/mol. The van der Waals surface area contributed by atoms with Gasteiger partial charge >= 0.3 is 0 Å². The average Bonchev–Trinajstić information content (AvgIpc) is 3.64. The van der Waals surface area contributed by atoms with Crippen molar-refractivity contribution in [1.29, 1.82) is 0 Å². The van der Waals surface area contributed by atoms with E-state index in [1.807, 2.05) is 52.7 Å². The molecule has 0 saturated carbocycles. The van der Waals surface area contributed by atoms with E-state index in [-0.39, 0.29) is 30.2 Å². The zero-order valence-corrected chi connectivity index (χ0v) is 22.5.